The van der Waals surface area contributed by atoms with Crippen LogP contribution in [0.4, 0.5) is 8.78 Å². The minimum atomic E-state index is -0.401. The van der Waals surface area contributed by atoms with Crippen LogP contribution in [-0.2, 0) is 0 Å². The van der Waals surface area contributed by atoms with E-state index < -0.39 is 6.04 Å². The van der Waals surface area contributed by atoms with Gasteiger partial charge in [0.05, 0.1) is 13.2 Å². The van der Waals surface area contributed by atoms with Crippen molar-refractivity contribution >= 4 is 0 Å². The van der Waals surface area contributed by atoms with Crippen molar-refractivity contribution in [2.24, 2.45) is 0 Å². The maximum Gasteiger partial charge on any atom is 0.132 e. The van der Waals surface area contributed by atoms with Crippen molar-refractivity contribution in [3.63, 3.8) is 0 Å². The first-order chi connectivity index (χ1) is 9.15. The molecule has 0 bridgehead atoms. The monoisotopic (exact) mass is 263 g/mol. The molecule has 0 aliphatic heterocycles. The van der Waals surface area contributed by atoms with Crippen LogP contribution in [0.5, 0.6) is 5.75 Å². The normalized spacial score (nSPS) is 12.2. The van der Waals surface area contributed by atoms with E-state index in [0.29, 0.717) is 16.9 Å². The quantitative estimate of drug-likeness (QED) is 0.914. The average molecular weight is 263 g/mol. The van der Waals surface area contributed by atoms with Crippen LogP contribution in [0.25, 0.3) is 0 Å². The van der Waals surface area contributed by atoms with Crippen molar-refractivity contribution in [3.05, 3.63) is 65.2 Å². The van der Waals surface area contributed by atoms with Gasteiger partial charge < -0.3 is 10.1 Å². The molecule has 0 aromatic heterocycles. The molecule has 1 atom stereocenters. The molecule has 2 rings (SSSR count). The van der Waals surface area contributed by atoms with Crippen LogP contribution >= 0.6 is 0 Å². The molecule has 0 amide bonds. The van der Waals surface area contributed by atoms with Gasteiger partial charge in [-0.15, -0.1) is 0 Å². The lowest BCUT2D eigenvalue weighted by Crippen LogP contribution is -2.19. The summed E-state index contributed by atoms with van der Waals surface area (Å²) in [6.07, 6.45) is 0. The summed E-state index contributed by atoms with van der Waals surface area (Å²) >= 11 is 0. The molecule has 0 saturated carbocycles. The summed E-state index contributed by atoms with van der Waals surface area (Å²) in [5.41, 5.74) is 1.13. The standard InChI is InChI=1S/C15H15F2NO/c1-18-15(10-4-3-5-11(16)8-10)13-7-6-12(19-2)9-14(13)17/h3-9,15,18H,1-2H3. The minimum Gasteiger partial charge on any atom is -0.497 e. The van der Waals surface area contributed by atoms with Crippen LogP contribution in [0.3, 0.4) is 0 Å². The molecule has 2 aromatic carbocycles. The van der Waals surface area contributed by atoms with E-state index in [1.165, 1.54) is 25.3 Å². The summed E-state index contributed by atoms with van der Waals surface area (Å²) in [6, 6.07) is 10.4. The van der Waals surface area contributed by atoms with Gasteiger partial charge in [-0.3, -0.25) is 0 Å². The second-order valence-electron chi connectivity index (χ2n) is 4.16. The van der Waals surface area contributed by atoms with E-state index >= 15 is 0 Å². The number of ether oxygens (including phenoxy) is 1. The van der Waals surface area contributed by atoms with E-state index in [1.807, 2.05) is 0 Å². The molecular formula is C15H15F2NO. The Balaban J connectivity index is 2.42. The van der Waals surface area contributed by atoms with E-state index in [0.717, 1.165) is 0 Å². The van der Waals surface area contributed by atoms with Crippen molar-refractivity contribution in [2.45, 2.75) is 6.04 Å². The molecule has 19 heavy (non-hydrogen) atoms. The number of halogens is 2. The highest BCUT2D eigenvalue weighted by Crippen LogP contribution is 2.27. The lowest BCUT2D eigenvalue weighted by molar-refractivity contribution is 0.410. The maximum absolute atomic E-state index is 14.0. The van der Waals surface area contributed by atoms with Crippen LogP contribution in [-0.4, -0.2) is 14.2 Å². The number of nitrogens with one attached hydrogen (secondary N) is 1. The zero-order valence-corrected chi connectivity index (χ0v) is 10.8. The first-order valence-electron chi connectivity index (χ1n) is 5.92. The Labute approximate surface area is 111 Å². The highest BCUT2D eigenvalue weighted by Gasteiger charge is 2.17. The second kappa shape index (κ2) is 5.80. The summed E-state index contributed by atoms with van der Waals surface area (Å²) in [5, 5.41) is 2.99. The lowest BCUT2D eigenvalue weighted by atomic mass is 9.98. The third-order valence-corrected chi connectivity index (χ3v) is 2.99. The molecule has 4 heteroatoms. The van der Waals surface area contributed by atoms with Crippen LogP contribution < -0.4 is 10.1 Å². The third-order valence-electron chi connectivity index (χ3n) is 2.99. The number of methoxy groups -OCH3 is 1. The molecule has 0 radical (unpaired) electrons. The van der Waals surface area contributed by atoms with Gasteiger partial charge in [0.25, 0.3) is 0 Å². The van der Waals surface area contributed by atoms with Gasteiger partial charge in [0, 0.05) is 11.6 Å². The summed E-state index contributed by atoms with van der Waals surface area (Å²) < 4.78 is 32.3. The van der Waals surface area contributed by atoms with Gasteiger partial charge in [-0.05, 0) is 30.8 Å². The van der Waals surface area contributed by atoms with Crippen molar-refractivity contribution < 1.29 is 13.5 Å². The highest BCUT2D eigenvalue weighted by molar-refractivity contribution is 5.36. The Hall–Kier alpha value is -1.94. The molecule has 0 aliphatic rings. The summed E-state index contributed by atoms with van der Waals surface area (Å²) in [5.74, 6) is -0.273. The number of hydrogen-bond acceptors (Lipinski definition) is 2. The van der Waals surface area contributed by atoms with E-state index in [1.54, 1.807) is 31.3 Å². The predicted molar refractivity (Wildman–Crippen MR) is 70.3 cm³/mol. The van der Waals surface area contributed by atoms with Crippen molar-refractivity contribution in [3.8, 4) is 5.75 Å². The van der Waals surface area contributed by atoms with E-state index in [9.17, 15) is 8.78 Å². The molecule has 0 aliphatic carbocycles. The van der Waals surface area contributed by atoms with Gasteiger partial charge in [0.2, 0.25) is 0 Å². The molecule has 0 fully saturated rings. The van der Waals surface area contributed by atoms with Gasteiger partial charge in [-0.2, -0.15) is 0 Å². The molecule has 0 saturated heterocycles. The smallest absolute Gasteiger partial charge is 0.132 e. The lowest BCUT2D eigenvalue weighted by Gasteiger charge is -2.18. The molecule has 0 heterocycles. The SMILES string of the molecule is CNC(c1cccc(F)c1)c1ccc(OC)cc1F. The molecular weight excluding hydrogens is 248 g/mol. The van der Waals surface area contributed by atoms with E-state index in [-0.39, 0.29) is 11.6 Å². The van der Waals surface area contributed by atoms with Gasteiger partial charge in [-0.25, -0.2) is 8.78 Å². The zero-order valence-electron chi connectivity index (χ0n) is 10.8. The third kappa shape index (κ3) is 2.90. The Morgan fingerprint density at radius 1 is 1.11 bits per heavy atom. The highest BCUT2D eigenvalue weighted by atomic mass is 19.1. The predicted octanol–water partition coefficient (Wildman–Crippen LogP) is 3.28. The van der Waals surface area contributed by atoms with Gasteiger partial charge in [-0.1, -0.05) is 18.2 Å². The summed E-state index contributed by atoms with van der Waals surface area (Å²) in [6.45, 7) is 0. The van der Waals surface area contributed by atoms with Crippen molar-refractivity contribution in [1.29, 1.82) is 0 Å². The fraction of sp³-hybridized carbons (Fsp3) is 0.200. The molecule has 0 spiro atoms. The number of hydrogen-bond donors (Lipinski definition) is 1. The zero-order chi connectivity index (χ0) is 13.8. The Bertz CT molecular complexity index is 572. The largest absolute Gasteiger partial charge is 0.497 e. The fourth-order valence-corrected chi connectivity index (χ4v) is 2.06. The number of rotatable bonds is 4. The van der Waals surface area contributed by atoms with Crippen molar-refractivity contribution in [1.82, 2.24) is 5.32 Å². The Morgan fingerprint density at radius 2 is 1.89 bits per heavy atom. The van der Waals surface area contributed by atoms with Crippen LogP contribution in [0, 0.1) is 11.6 Å². The van der Waals surface area contributed by atoms with Gasteiger partial charge >= 0.3 is 0 Å². The van der Waals surface area contributed by atoms with Crippen LogP contribution in [0.15, 0.2) is 42.5 Å². The molecule has 2 aromatic rings. The summed E-state index contributed by atoms with van der Waals surface area (Å²) in [7, 11) is 3.19. The first-order valence-corrected chi connectivity index (χ1v) is 5.92. The molecule has 2 nitrogen and oxygen atoms in total. The van der Waals surface area contributed by atoms with E-state index in [4.69, 9.17) is 4.74 Å². The maximum atomic E-state index is 14.0. The van der Waals surface area contributed by atoms with Crippen LogP contribution in [0.2, 0.25) is 0 Å². The summed E-state index contributed by atoms with van der Waals surface area (Å²) in [4.78, 5) is 0. The first kappa shape index (κ1) is 13.5. The molecule has 1 unspecified atom stereocenters. The second-order valence-corrected chi connectivity index (χ2v) is 4.16. The topological polar surface area (TPSA) is 21.3 Å². The van der Waals surface area contributed by atoms with Crippen molar-refractivity contribution in [2.75, 3.05) is 14.2 Å². The van der Waals surface area contributed by atoms with E-state index in [2.05, 4.69) is 5.32 Å². The van der Waals surface area contributed by atoms with Gasteiger partial charge in [0.15, 0.2) is 0 Å². The Morgan fingerprint density at radius 3 is 2.47 bits per heavy atom. The molecule has 100 valence electrons. The van der Waals surface area contributed by atoms with Crippen LogP contribution in [0.1, 0.15) is 17.2 Å². The fourth-order valence-electron chi connectivity index (χ4n) is 2.06. The molecule has 1 N–H and O–H groups in total. The Kier molecular flexibility index (Phi) is 4.12. The van der Waals surface area contributed by atoms with Gasteiger partial charge in [0.1, 0.15) is 17.4 Å². The average Bonchev–Trinajstić information content (AvgIpc) is 2.41. The number of benzene rings is 2. The minimum absolute atomic E-state index is 0.341.